The zero-order chi connectivity index (χ0) is 25.0. The predicted molar refractivity (Wildman–Crippen MR) is 159 cm³/mol. The van der Waals surface area contributed by atoms with Crippen molar-refractivity contribution in [1.29, 1.82) is 0 Å². The van der Waals surface area contributed by atoms with Gasteiger partial charge in [0.15, 0.2) is 0 Å². The minimum atomic E-state index is 0.836. The van der Waals surface area contributed by atoms with Crippen molar-refractivity contribution in [3.63, 3.8) is 0 Å². The highest BCUT2D eigenvalue weighted by molar-refractivity contribution is 5.26. The Hall–Kier alpha value is -0.780. The standard InChI is InChI=1S/C36H60/c1-3-5-6-7-8-10-30-15-23-34(24-16-30)36-27-19-32(20-28-36)12-11-31-17-25-35(26-18-31)33-21-13-29(9-4-2)14-22-33/h17-18,25-26,29-30,32-34,36H,3-16,19-24,27-28H2,1-2H3. The minimum Gasteiger partial charge on any atom is -0.0654 e. The Morgan fingerprint density at radius 2 is 1.03 bits per heavy atom. The van der Waals surface area contributed by atoms with Gasteiger partial charge in [-0.1, -0.05) is 115 Å². The molecule has 1 aromatic rings. The molecule has 0 heteroatoms. The Morgan fingerprint density at radius 3 is 1.61 bits per heavy atom. The Labute approximate surface area is 225 Å². The van der Waals surface area contributed by atoms with E-state index < -0.39 is 0 Å². The molecule has 0 saturated heterocycles. The lowest BCUT2D eigenvalue weighted by Gasteiger charge is -2.38. The number of hydrogen-bond donors (Lipinski definition) is 0. The summed E-state index contributed by atoms with van der Waals surface area (Å²) in [5, 5.41) is 0. The normalized spacial score (nSPS) is 31.4. The van der Waals surface area contributed by atoms with E-state index in [9.17, 15) is 0 Å². The maximum absolute atomic E-state index is 2.48. The summed E-state index contributed by atoms with van der Waals surface area (Å²) in [6.45, 7) is 4.67. The van der Waals surface area contributed by atoms with E-state index in [1.807, 2.05) is 0 Å². The molecule has 0 nitrogen and oxygen atoms in total. The molecule has 3 aliphatic rings. The van der Waals surface area contributed by atoms with Gasteiger partial charge in [-0.05, 0) is 111 Å². The third kappa shape index (κ3) is 8.91. The van der Waals surface area contributed by atoms with Gasteiger partial charge in [0.2, 0.25) is 0 Å². The second-order valence-corrected chi connectivity index (χ2v) is 13.6. The first-order valence-electron chi connectivity index (χ1n) is 16.8. The number of unbranched alkanes of at least 4 members (excludes halogenated alkanes) is 4. The van der Waals surface area contributed by atoms with Gasteiger partial charge in [-0.15, -0.1) is 0 Å². The molecule has 3 fully saturated rings. The van der Waals surface area contributed by atoms with Crippen molar-refractivity contribution in [3.8, 4) is 0 Å². The van der Waals surface area contributed by atoms with Crippen LogP contribution >= 0.6 is 0 Å². The summed E-state index contributed by atoms with van der Waals surface area (Å²) in [5.41, 5.74) is 3.22. The molecule has 0 aliphatic heterocycles. The van der Waals surface area contributed by atoms with Crippen LogP contribution in [0.2, 0.25) is 0 Å². The average molecular weight is 493 g/mol. The van der Waals surface area contributed by atoms with Gasteiger partial charge in [-0.25, -0.2) is 0 Å². The van der Waals surface area contributed by atoms with Gasteiger partial charge in [0.25, 0.3) is 0 Å². The topological polar surface area (TPSA) is 0 Å². The molecule has 3 aliphatic carbocycles. The number of rotatable bonds is 13. The third-order valence-electron chi connectivity index (χ3n) is 11.0. The fourth-order valence-corrected chi connectivity index (χ4v) is 8.45. The quantitative estimate of drug-likeness (QED) is 0.240. The van der Waals surface area contributed by atoms with Crippen molar-refractivity contribution >= 4 is 0 Å². The lowest BCUT2D eigenvalue weighted by molar-refractivity contribution is 0.140. The second kappa shape index (κ2) is 15.6. The van der Waals surface area contributed by atoms with Crippen LogP contribution in [0.3, 0.4) is 0 Å². The summed E-state index contributed by atoms with van der Waals surface area (Å²) in [6.07, 6.45) is 32.5. The van der Waals surface area contributed by atoms with Crippen molar-refractivity contribution in [2.75, 3.05) is 0 Å². The molecule has 3 saturated carbocycles. The molecule has 0 atom stereocenters. The van der Waals surface area contributed by atoms with Crippen LogP contribution in [0.5, 0.6) is 0 Å². The van der Waals surface area contributed by atoms with E-state index in [1.54, 1.807) is 36.8 Å². The highest BCUT2D eigenvalue weighted by atomic mass is 14.4. The summed E-state index contributed by atoms with van der Waals surface area (Å²) < 4.78 is 0. The van der Waals surface area contributed by atoms with Gasteiger partial charge >= 0.3 is 0 Å². The molecule has 1 aromatic carbocycles. The SMILES string of the molecule is CCCCCCCC1CCC(C2CCC(CCc3ccc(C4CCC(CCC)CC4)cc3)CC2)CC1. The minimum absolute atomic E-state index is 0.836. The predicted octanol–water partition coefficient (Wildman–Crippen LogP) is 11.7. The lowest BCUT2D eigenvalue weighted by Crippen LogP contribution is -2.26. The van der Waals surface area contributed by atoms with Crippen LogP contribution in [-0.4, -0.2) is 0 Å². The Kier molecular flexibility index (Phi) is 12.2. The van der Waals surface area contributed by atoms with E-state index in [1.165, 1.54) is 116 Å². The smallest absolute Gasteiger partial charge is 0.0162 e. The lowest BCUT2D eigenvalue weighted by atomic mass is 9.68. The van der Waals surface area contributed by atoms with Crippen LogP contribution in [0, 0.1) is 29.6 Å². The Morgan fingerprint density at radius 1 is 0.500 bits per heavy atom. The van der Waals surface area contributed by atoms with E-state index in [0.29, 0.717) is 0 Å². The van der Waals surface area contributed by atoms with Crippen LogP contribution in [0.4, 0.5) is 0 Å². The number of benzene rings is 1. The van der Waals surface area contributed by atoms with E-state index in [0.717, 1.165) is 35.5 Å². The van der Waals surface area contributed by atoms with Crippen LogP contribution in [-0.2, 0) is 6.42 Å². The maximum atomic E-state index is 2.48. The highest BCUT2D eigenvalue weighted by Crippen LogP contribution is 2.43. The molecule has 204 valence electrons. The van der Waals surface area contributed by atoms with Crippen LogP contribution in [0.25, 0.3) is 0 Å². The zero-order valence-electron chi connectivity index (χ0n) is 24.3. The summed E-state index contributed by atoms with van der Waals surface area (Å²) in [5.74, 6) is 6.06. The largest absolute Gasteiger partial charge is 0.0654 e. The van der Waals surface area contributed by atoms with Gasteiger partial charge < -0.3 is 0 Å². The van der Waals surface area contributed by atoms with Gasteiger partial charge in [-0.2, -0.15) is 0 Å². The Bertz CT molecular complexity index is 677. The first-order chi connectivity index (χ1) is 17.7. The number of hydrogen-bond acceptors (Lipinski definition) is 0. The highest BCUT2D eigenvalue weighted by Gasteiger charge is 2.30. The summed E-state index contributed by atoms with van der Waals surface area (Å²) in [4.78, 5) is 0. The average Bonchev–Trinajstić information content (AvgIpc) is 2.93. The van der Waals surface area contributed by atoms with Gasteiger partial charge in [0, 0.05) is 0 Å². The van der Waals surface area contributed by atoms with Crippen molar-refractivity contribution in [1.82, 2.24) is 0 Å². The zero-order valence-corrected chi connectivity index (χ0v) is 24.3. The maximum Gasteiger partial charge on any atom is -0.0162 e. The molecule has 0 unspecified atom stereocenters. The fraction of sp³-hybridized carbons (Fsp3) is 0.833. The first kappa shape index (κ1) is 28.2. The van der Waals surface area contributed by atoms with E-state index >= 15 is 0 Å². The van der Waals surface area contributed by atoms with Crippen molar-refractivity contribution in [2.24, 2.45) is 29.6 Å². The molecule has 0 spiro atoms. The van der Waals surface area contributed by atoms with E-state index in [2.05, 4.69) is 38.1 Å². The molecule has 0 bridgehead atoms. The molecule has 0 aromatic heterocycles. The monoisotopic (exact) mass is 492 g/mol. The summed E-state index contributed by atoms with van der Waals surface area (Å²) >= 11 is 0. The van der Waals surface area contributed by atoms with Gasteiger partial charge in [0.05, 0.1) is 0 Å². The first-order valence-corrected chi connectivity index (χ1v) is 16.8. The summed E-state index contributed by atoms with van der Waals surface area (Å²) in [7, 11) is 0. The van der Waals surface area contributed by atoms with Crippen LogP contribution in [0.15, 0.2) is 24.3 Å². The van der Waals surface area contributed by atoms with E-state index in [4.69, 9.17) is 0 Å². The molecule has 36 heavy (non-hydrogen) atoms. The third-order valence-corrected chi connectivity index (χ3v) is 11.0. The molecule has 0 amide bonds. The van der Waals surface area contributed by atoms with Crippen molar-refractivity contribution in [3.05, 3.63) is 35.4 Å². The molecular formula is C36H60. The van der Waals surface area contributed by atoms with Crippen LogP contribution < -0.4 is 0 Å². The summed E-state index contributed by atoms with van der Waals surface area (Å²) in [6, 6.07) is 9.92. The van der Waals surface area contributed by atoms with Gasteiger partial charge in [-0.3, -0.25) is 0 Å². The molecule has 0 N–H and O–H groups in total. The molecule has 0 heterocycles. The van der Waals surface area contributed by atoms with Crippen molar-refractivity contribution in [2.45, 2.75) is 161 Å². The van der Waals surface area contributed by atoms with Crippen LogP contribution in [0.1, 0.15) is 166 Å². The fourth-order valence-electron chi connectivity index (χ4n) is 8.45. The van der Waals surface area contributed by atoms with E-state index in [-0.39, 0.29) is 0 Å². The molecular weight excluding hydrogens is 432 g/mol. The second-order valence-electron chi connectivity index (χ2n) is 13.6. The van der Waals surface area contributed by atoms with Gasteiger partial charge in [0.1, 0.15) is 0 Å². The Balaban J connectivity index is 1.08. The molecule has 0 radical (unpaired) electrons. The number of aryl methyl sites for hydroxylation is 1. The molecule has 4 rings (SSSR count). The van der Waals surface area contributed by atoms with Crippen molar-refractivity contribution < 1.29 is 0 Å².